The van der Waals surface area contributed by atoms with Crippen molar-refractivity contribution in [2.24, 2.45) is 0 Å². The third-order valence-corrected chi connectivity index (χ3v) is 5.14. The van der Waals surface area contributed by atoms with Gasteiger partial charge in [0.25, 0.3) is 5.91 Å². The Bertz CT molecular complexity index is 1210. The summed E-state index contributed by atoms with van der Waals surface area (Å²) in [5.41, 5.74) is 2.10. The molecule has 0 aliphatic rings. The molecule has 1 amide bonds. The predicted molar refractivity (Wildman–Crippen MR) is 129 cm³/mol. The van der Waals surface area contributed by atoms with Gasteiger partial charge in [-0.15, -0.1) is 0 Å². The number of allylic oxidation sites excluding steroid dienone is 1. The third-order valence-electron chi connectivity index (χ3n) is 4.31. The van der Waals surface area contributed by atoms with Crippen LogP contribution in [-0.2, 0) is 4.79 Å². The van der Waals surface area contributed by atoms with Crippen LogP contribution in [0.2, 0.25) is 15.1 Å². The van der Waals surface area contributed by atoms with Gasteiger partial charge in [0.05, 0.1) is 28.8 Å². The van der Waals surface area contributed by atoms with Crippen molar-refractivity contribution in [3.05, 3.63) is 86.9 Å². The van der Waals surface area contributed by atoms with E-state index in [-0.39, 0.29) is 23.3 Å². The van der Waals surface area contributed by atoms with Crippen molar-refractivity contribution in [2.75, 3.05) is 19.0 Å². The molecular weight excluding hydrogens is 471 g/mol. The molecule has 32 heavy (non-hydrogen) atoms. The number of nitrogens with zero attached hydrogens (tertiary/aromatic N) is 1. The Hall–Kier alpha value is -3.17. The van der Waals surface area contributed by atoms with Gasteiger partial charge in [-0.1, -0.05) is 59.1 Å². The van der Waals surface area contributed by atoms with Crippen LogP contribution in [0, 0.1) is 11.3 Å². The summed E-state index contributed by atoms with van der Waals surface area (Å²) in [6.07, 6.45) is 1.62. The number of amides is 1. The first kappa shape index (κ1) is 23.5. The van der Waals surface area contributed by atoms with E-state index in [4.69, 9.17) is 44.3 Å². The summed E-state index contributed by atoms with van der Waals surface area (Å²) in [5.74, 6) is 0.191. The molecule has 0 atom stereocenters. The number of carbonyl (C=O) groups is 1. The second kappa shape index (κ2) is 10.9. The molecule has 3 rings (SSSR count). The Kier molecular flexibility index (Phi) is 8.02. The molecule has 0 aliphatic carbocycles. The van der Waals surface area contributed by atoms with E-state index in [1.807, 2.05) is 18.2 Å². The van der Waals surface area contributed by atoms with Crippen LogP contribution < -0.4 is 14.8 Å². The number of hydrogen-bond donors (Lipinski definition) is 1. The minimum absolute atomic E-state index is 0.220. The molecule has 0 aliphatic heterocycles. The summed E-state index contributed by atoms with van der Waals surface area (Å²) in [4.78, 5) is 12.2. The van der Waals surface area contributed by atoms with Gasteiger partial charge in [0, 0.05) is 16.3 Å². The van der Waals surface area contributed by atoms with Gasteiger partial charge in [-0.25, -0.2) is 0 Å². The van der Waals surface area contributed by atoms with Crippen LogP contribution in [0.15, 0.2) is 60.7 Å². The van der Waals surface area contributed by atoms with Gasteiger partial charge in [0.2, 0.25) is 0 Å². The highest BCUT2D eigenvalue weighted by Gasteiger charge is 2.15. The van der Waals surface area contributed by atoms with E-state index in [1.165, 1.54) is 7.11 Å². The van der Waals surface area contributed by atoms with Crippen LogP contribution in [0.3, 0.4) is 0 Å². The number of nitrogens with one attached hydrogen (secondary N) is 1. The number of halogens is 3. The number of nitriles is 1. The lowest BCUT2D eigenvalue weighted by atomic mass is 10.0. The number of ether oxygens (including phenoxy) is 2. The first-order valence-corrected chi connectivity index (χ1v) is 10.5. The Morgan fingerprint density at radius 1 is 1.06 bits per heavy atom. The molecule has 0 fully saturated rings. The molecule has 5 nitrogen and oxygen atoms in total. The van der Waals surface area contributed by atoms with E-state index >= 15 is 0 Å². The molecule has 3 aromatic carbocycles. The van der Waals surface area contributed by atoms with Gasteiger partial charge in [-0.2, -0.15) is 5.26 Å². The highest BCUT2D eigenvalue weighted by molar-refractivity contribution is 6.36. The van der Waals surface area contributed by atoms with Crippen LogP contribution in [-0.4, -0.2) is 19.6 Å². The van der Waals surface area contributed by atoms with Crippen molar-refractivity contribution in [1.29, 1.82) is 5.26 Å². The third kappa shape index (κ3) is 5.95. The lowest BCUT2D eigenvalue weighted by Crippen LogP contribution is -2.20. The molecule has 0 radical (unpaired) electrons. The fourth-order valence-electron chi connectivity index (χ4n) is 2.86. The van der Waals surface area contributed by atoms with Crippen molar-refractivity contribution in [3.63, 3.8) is 0 Å². The second-order valence-corrected chi connectivity index (χ2v) is 7.78. The molecule has 0 saturated carbocycles. The zero-order chi connectivity index (χ0) is 23.1. The van der Waals surface area contributed by atoms with Gasteiger partial charge in [-0.05, 0) is 48.0 Å². The zero-order valence-electron chi connectivity index (χ0n) is 16.9. The summed E-state index contributed by atoms with van der Waals surface area (Å²) in [6, 6.07) is 19.3. The highest BCUT2D eigenvalue weighted by atomic mass is 35.5. The summed E-state index contributed by atoms with van der Waals surface area (Å²) in [5, 5.41) is 13.4. The lowest BCUT2D eigenvalue weighted by molar-refractivity contribution is -0.118. The maximum absolute atomic E-state index is 12.2. The van der Waals surface area contributed by atoms with Crippen LogP contribution in [0.25, 0.3) is 11.6 Å². The van der Waals surface area contributed by atoms with E-state index < -0.39 is 0 Å². The number of methoxy groups -OCH3 is 1. The minimum Gasteiger partial charge on any atom is -0.493 e. The van der Waals surface area contributed by atoms with Crippen molar-refractivity contribution >= 4 is 58.0 Å². The number of rotatable bonds is 7. The minimum atomic E-state index is -0.345. The average Bonchev–Trinajstić information content (AvgIpc) is 2.77. The quantitative estimate of drug-likeness (QED) is 0.296. The molecule has 1 N–H and O–H groups in total. The maximum atomic E-state index is 12.2. The number of hydrogen-bond acceptors (Lipinski definition) is 4. The monoisotopic (exact) mass is 486 g/mol. The summed E-state index contributed by atoms with van der Waals surface area (Å²) in [7, 11) is 1.46. The van der Waals surface area contributed by atoms with Gasteiger partial charge in [-0.3, -0.25) is 4.79 Å². The van der Waals surface area contributed by atoms with Gasteiger partial charge < -0.3 is 14.8 Å². The fourth-order valence-corrected chi connectivity index (χ4v) is 3.65. The van der Waals surface area contributed by atoms with E-state index in [1.54, 1.807) is 48.5 Å². The molecule has 0 saturated heterocycles. The summed E-state index contributed by atoms with van der Waals surface area (Å²) in [6.45, 7) is -0.260. The zero-order valence-corrected chi connectivity index (χ0v) is 19.1. The highest BCUT2D eigenvalue weighted by Crippen LogP contribution is 2.38. The Morgan fingerprint density at radius 3 is 2.47 bits per heavy atom. The molecule has 8 heteroatoms. The summed E-state index contributed by atoms with van der Waals surface area (Å²) >= 11 is 18.6. The number of benzene rings is 3. The van der Waals surface area contributed by atoms with Crippen LogP contribution >= 0.6 is 34.8 Å². The topological polar surface area (TPSA) is 71.3 Å². The average molecular weight is 488 g/mol. The molecule has 0 heterocycles. The van der Waals surface area contributed by atoms with E-state index in [2.05, 4.69) is 11.4 Å². The van der Waals surface area contributed by atoms with Crippen molar-refractivity contribution in [2.45, 2.75) is 0 Å². The van der Waals surface area contributed by atoms with Crippen molar-refractivity contribution < 1.29 is 14.3 Å². The summed E-state index contributed by atoms with van der Waals surface area (Å²) < 4.78 is 11.0. The van der Waals surface area contributed by atoms with Gasteiger partial charge in [0.1, 0.15) is 0 Å². The Labute approximate surface area is 200 Å². The molecule has 0 spiro atoms. The molecule has 0 aromatic heterocycles. The Balaban J connectivity index is 1.82. The fraction of sp³-hybridized carbons (Fsp3) is 0.0833. The van der Waals surface area contributed by atoms with Crippen molar-refractivity contribution in [3.8, 4) is 17.6 Å². The SMILES string of the molecule is COc1cc(/C=C(\C#N)c2ccc(Cl)cc2Cl)cc(Cl)c1OCC(=O)Nc1ccccc1. The predicted octanol–water partition coefficient (Wildman–Crippen LogP) is 6.74. The van der Waals surface area contributed by atoms with Crippen LogP contribution in [0.4, 0.5) is 5.69 Å². The molecular formula is C24H17Cl3N2O3. The molecule has 0 bridgehead atoms. The molecule has 162 valence electrons. The van der Waals surface area contributed by atoms with Crippen LogP contribution in [0.5, 0.6) is 11.5 Å². The maximum Gasteiger partial charge on any atom is 0.262 e. The van der Waals surface area contributed by atoms with E-state index in [0.29, 0.717) is 38.2 Å². The van der Waals surface area contributed by atoms with Crippen LogP contribution in [0.1, 0.15) is 11.1 Å². The standard InChI is InChI=1S/C24H17Cl3N2O3/c1-31-22-11-15(9-16(13-28)19-8-7-17(25)12-20(19)26)10-21(27)24(22)32-14-23(30)29-18-5-3-2-4-6-18/h2-12H,14H2,1H3,(H,29,30)/b16-9+. The number of para-hydroxylation sites is 1. The first-order valence-electron chi connectivity index (χ1n) is 9.33. The smallest absolute Gasteiger partial charge is 0.262 e. The van der Waals surface area contributed by atoms with Gasteiger partial charge >= 0.3 is 0 Å². The van der Waals surface area contributed by atoms with Gasteiger partial charge in [0.15, 0.2) is 18.1 Å². The van der Waals surface area contributed by atoms with E-state index in [0.717, 1.165) is 0 Å². The number of anilines is 1. The molecule has 3 aromatic rings. The second-order valence-electron chi connectivity index (χ2n) is 6.53. The number of carbonyl (C=O) groups excluding carboxylic acids is 1. The first-order chi connectivity index (χ1) is 15.4. The lowest BCUT2D eigenvalue weighted by Gasteiger charge is -2.14. The molecule has 0 unspecified atom stereocenters. The normalized spacial score (nSPS) is 10.9. The Morgan fingerprint density at radius 2 is 1.81 bits per heavy atom. The largest absolute Gasteiger partial charge is 0.493 e. The van der Waals surface area contributed by atoms with Crippen molar-refractivity contribution in [1.82, 2.24) is 0 Å². The van der Waals surface area contributed by atoms with E-state index in [9.17, 15) is 10.1 Å².